The Hall–Kier alpha value is -1.33. The second-order valence-electron chi connectivity index (χ2n) is 3.49. The van der Waals surface area contributed by atoms with Crippen LogP contribution in [0.15, 0.2) is 29.6 Å². The maximum absolute atomic E-state index is 5.81. The molecule has 0 saturated carbocycles. The Morgan fingerprint density at radius 1 is 1.35 bits per heavy atom. The molecule has 0 amide bonds. The Morgan fingerprint density at radius 2 is 2.18 bits per heavy atom. The predicted octanol–water partition coefficient (Wildman–Crippen LogP) is 2.71. The van der Waals surface area contributed by atoms with Gasteiger partial charge in [0.25, 0.3) is 0 Å². The van der Waals surface area contributed by atoms with Gasteiger partial charge in [0, 0.05) is 23.7 Å². The number of nitrogen functional groups attached to an aromatic ring is 1. The molecule has 0 aliphatic heterocycles. The molecule has 0 aromatic carbocycles. The Balaban J connectivity index is 2.07. The molecule has 4 nitrogen and oxygen atoms in total. The summed E-state index contributed by atoms with van der Waals surface area (Å²) in [6.45, 7) is 1.89. The smallest absolute Gasteiger partial charge is 0.190 e. The maximum atomic E-state index is 5.81. The van der Waals surface area contributed by atoms with Gasteiger partial charge in [0.2, 0.25) is 0 Å². The lowest BCUT2D eigenvalue weighted by Crippen LogP contribution is -1.96. The van der Waals surface area contributed by atoms with E-state index in [4.69, 9.17) is 17.3 Å². The van der Waals surface area contributed by atoms with Crippen molar-refractivity contribution in [2.75, 3.05) is 5.73 Å². The van der Waals surface area contributed by atoms with Crippen LogP contribution in [0.5, 0.6) is 0 Å². The average molecular weight is 267 g/mol. The summed E-state index contributed by atoms with van der Waals surface area (Å²) in [5, 5.41) is 1.17. The molecule has 0 saturated heterocycles. The third kappa shape index (κ3) is 3.57. The van der Waals surface area contributed by atoms with Gasteiger partial charge in [0.1, 0.15) is 11.0 Å². The zero-order valence-electron chi connectivity index (χ0n) is 9.22. The van der Waals surface area contributed by atoms with Crippen molar-refractivity contribution in [3.63, 3.8) is 0 Å². The summed E-state index contributed by atoms with van der Waals surface area (Å²) in [7, 11) is 0. The number of pyridine rings is 1. The van der Waals surface area contributed by atoms with Crippen molar-refractivity contribution in [3.8, 4) is 0 Å². The summed E-state index contributed by atoms with van der Waals surface area (Å²) in [5.41, 5.74) is 7.61. The van der Waals surface area contributed by atoms with Crippen molar-refractivity contribution >= 4 is 29.2 Å². The van der Waals surface area contributed by atoms with E-state index >= 15 is 0 Å². The minimum atomic E-state index is 0.493. The van der Waals surface area contributed by atoms with Crippen molar-refractivity contribution in [2.24, 2.45) is 0 Å². The molecule has 0 bridgehead atoms. The van der Waals surface area contributed by atoms with Crippen molar-refractivity contribution in [1.29, 1.82) is 0 Å². The van der Waals surface area contributed by atoms with Crippen molar-refractivity contribution in [3.05, 3.63) is 40.8 Å². The summed E-state index contributed by atoms with van der Waals surface area (Å²) >= 11 is 7.33. The number of halogens is 1. The lowest BCUT2D eigenvalue weighted by Gasteiger charge is -2.03. The first kappa shape index (κ1) is 12.1. The molecule has 2 aromatic heterocycles. The molecule has 0 radical (unpaired) electrons. The Kier molecular flexibility index (Phi) is 3.81. The fourth-order valence-electron chi connectivity index (χ4n) is 1.31. The molecular weight excluding hydrogens is 256 g/mol. The third-order valence-corrected chi connectivity index (χ3v) is 3.14. The number of hydrogen-bond donors (Lipinski definition) is 1. The molecule has 0 aliphatic carbocycles. The molecule has 0 unspecified atom stereocenters. The molecule has 17 heavy (non-hydrogen) atoms. The van der Waals surface area contributed by atoms with Crippen LogP contribution in [0.1, 0.15) is 11.3 Å². The molecule has 2 aromatic rings. The predicted molar refractivity (Wildman–Crippen MR) is 70.0 cm³/mol. The fourth-order valence-corrected chi connectivity index (χ4v) is 2.36. The second kappa shape index (κ2) is 5.33. The molecule has 2 heterocycles. The number of aryl methyl sites for hydroxylation is 1. The van der Waals surface area contributed by atoms with E-state index in [-0.39, 0.29) is 0 Å². The normalized spacial score (nSPS) is 10.5. The van der Waals surface area contributed by atoms with Gasteiger partial charge in [-0.1, -0.05) is 23.4 Å². The van der Waals surface area contributed by atoms with Crippen LogP contribution in [-0.4, -0.2) is 15.0 Å². The van der Waals surface area contributed by atoms with Crippen LogP contribution in [0.2, 0.25) is 5.15 Å². The zero-order chi connectivity index (χ0) is 12.3. The average Bonchev–Trinajstić information content (AvgIpc) is 2.25. The van der Waals surface area contributed by atoms with E-state index in [1.54, 1.807) is 12.3 Å². The van der Waals surface area contributed by atoms with Gasteiger partial charge in [0.05, 0.1) is 0 Å². The quantitative estimate of drug-likeness (QED) is 0.526. The van der Waals surface area contributed by atoms with E-state index in [0.717, 1.165) is 17.0 Å². The molecule has 88 valence electrons. The number of anilines is 1. The van der Waals surface area contributed by atoms with E-state index in [1.165, 1.54) is 11.8 Å². The number of aromatic nitrogens is 3. The largest absolute Gasteiger partial charge is 0.384 e. The first-order valence-corrected chi connectivity index (χ1v) is 6.34. The van der Waals surface area contributed by atoms with Crippen molar-refractivity contribution < 1.29 is 0 Å². The summed E-state index contributed by atoms with van der Waals surface area (Å²) in [6.07, 6.45) is 1.68. The minimum absolute atomic E-state index is 0.493. The lowest BCUT2D eigenvalue weighted by molar-refractivity contribution is 0.940. The molecule has 0 atom stereocenters. The number of nitrogens with zero attached hydrogens (tertiary/aromatic N) is 3. The Morgan fingerprint density at radius 3 is 2.88 bits per heavy atom. The van der Waals surface area contributed by atoms with Crippen LogP contribution in [-0.2, 0) is 5.75 Å². The second-order valence-corrected chi connectivity index (χ2v) is 4.82. The Bertz CT molecular complexity index is 512. The fraction of sp³-hybridized carbons (Fsp3) is 0.182. The minimum Gasteiger partial charge on any atom is -0.384 e. The van der Waals surface area contributed by atoms with Gasteiger partial charge in [0.15, 0.2) is 5.16 Å². The van der Waals surface area contributed by atoms with Gasteiger partial charge in [-0.25, -0.2) is 15.0 Å². The van der Waals surface area contributed by atoms with E-state index < -0.39 is 0 Å². The summed E-state index contributed by atoms with van der Waals surface area (Å²) in [5.74, 6) is 1.23. The zero-order valence-corrected chi connectivity index (χ0v) is 10.8. The molecule has 0 aliphatic rings. The van der Waals surface area contributed by atoms with Gasteiger partial charge in [-0.2, -0.15) is 0 Å². The highest BCUT2D eigenvalue weighted by Crippen LogP contribution is 2.21. The van der Waals surface area contributed by atoms with Crippen LogP contribution in [0.25, 0.3) is 0 Å². The molecule has 6 heteroatoms. The number of rotatable bonds is 3. The highest BCUT2D eigenvalue weighted by atomic mass is 35.5. The van der Waals surface area contributed by atoms with E-state index in [9.17, 15) is 0 Å². The van der Waals surface area contributed by atoms with E-state index in [0.29, 0.717) is 16.1 Å². The van der Waals surface area contributed by atoms with E-state index in [1.807, 2.05) is 19.1 Å². The van der Waals surface area contributed by atoms with Gasteiger partial charge in [-0.05, 0) is 24.6 Å². The van der Waals surface area contributed by atoms with Crippen LogP contribution in [0.3, 0.4) is 0 Å². The van der Waals surface area contributed by atoms with Crippen LogP contribution >= 0.6 is 23.4 Å². The van der Waals surface area contributed by atoms with Gasteiger partial charge in [-0.15, -0.1) is 0 Å². The molecule has 2 rings (SSSR count). The van der Waals surface area contributed by atoms with Gasteiger partial charge < -0.3 is 5.73 Å². The van der Waals surface area contributed by atoms with Gasteiger partial charge in [-0.3, -0.25) is 0 Å². The monoisotopic (exact) mass is 266 g/mol. The van der Waals surface area contributed by atoms with E-state index in [2.05, 4.69) is 15.0 Å². The lowest BCUT2D eigenvalue weighted by atomic mass is 10.3. The molecular formula is C11H11ClN4S. The topological polar surface area (TPSA) is 64.7 Å². The summed E-state index contributed by atoms with van der Waals surface area (Å²) in [4.78, 5) is 12.4. The number of hydrogen-bond acceptors (Lipinski definition) is 5. The molecule has 0 spiro atoms. The first-order valence-electron chi connectivity index (χ1n) is 4.98. The van der Waals surface area contributed by atoms with Crippen LogP contribution < -0.4 is 5.73 Å². The molecule has 2 N–H and O–H groups in total. The third-order valence-electron chi connectivity index (χ3n) is 2.01. The first-order chi connectivity index (χ1) is 8.13. The highest BCUT2D eigenvalue weighted by Gasteiger charge is 2.02. The van der Waals surface area contributed by atoms with Crippen LogP contribution in [0.4, 0.5) is 5.82 Å². The SMILES string of the molecule is Cc1cc(N)nc(SCc2ccnc(Cl)c2)n1. The highest BCUT2D eigenvalue weighted by molar-refractivity contribution is 7.98. The molecule has 0 fully saturated rings. The summed E-state index contributed by atoms with van der Waals surface area (Å²) in [6, 6.07) is 5.49. The van der Waals surface area contributed by atoms with Crippen molar-refractivity contribution in [1.82, 2.24) is 15.0 Å². The van der Waals surface area contributed by atoms with Crippen LogP contribution in [0, 0.1) is 6.92 Å². The maximum Gasteiger partial charge on any atom is 0.190 e. The van der Waals surface area contributed by atoms with Crippen molar-refractivity contribution in [2.45, 2.75) is 17.8 Å². The standard InChI is InChI=1S/C11H11ClN4S/c1-7-4-10(13)16-11(15-7)17-6-8-2-3-14-9(12)5-8/h2-5H,6H2,1H3,(H2,13,15,16). The van der Waals surface area contributed by atoms with Gasteiger partial charge >= 0.3 is 0 Å². The summed E-state index contributed by atoms with van der Waals surface area (Å²) < 4.78 is 0. The number of nitrogens with two attached hydrogens (primary N) is 1. The number of thioether (sulfide) groups is 1. The Labute approximate surface area is 109 Å².